The molecule has 2 aromatic rings. The summed E-state index contributed by atoms with van der Waals surface area (Å²) in [5.41, 5.74) is 10.4. The van der Waals surface area contributed by atoms with Crippen molar-refractivity contribution in [1.82, 2.24) is 10.2 Å². The van der Waals surface area contributed by atoms with Crippen LogP contribution < -0.4 is 11.1 Å². The van der Waals surface area contributed by atoms with Crippen molar-refractivity contribution in [1.29, 1.82) is 0 Å². The molecule has 1 unspecified atom stereocenters. The van der Waals surface area contributed by atoms with E-state index in [4.69, 9.17) is 5.73 Å². The van der Waals surface area contributed by atoms with Crippen molar-refractivity contribution in [2.45, 2.75) is 18.9 Å². The Balaban J connectivity index is 1.86. The molecule has 0 fully saturated rings. The fraction of sp³-hybridized carbons (Fsp3) is 0.250. The van der Waals surface area contributed by atoms with Crippen LogP contribution in [0.5, 0.6) is 0 Å². The third-order valence-electron chi connectivity index (χ3n) is 3.08. The third-order valence-corrected chi connectivity index (χ3v) is 3.08. The quantitative estimate of drug-likeness (QED) is 0.670. The van der Waals surface area contributed by atoms with Gasteiger partial charge in [0.15, 0.2) is 0 Å². The summed E-state index contributed by atoms with van der Waals surface area (Å²) in [4.78, 5) is 0. The average Bonchev–Trinajstić information content (AvgIpc) is 2.89. The van der Waals surface area contributed by atoms with Crippen LogP contribution in [0.15, 0.2) is 30.6 Å². The van der Waals surface area contributed by atoms with E-state index in [1.165, 1.54) is 11.1 Å². The minimum Gasteiger partial charge on any atom is -0.399 e. The van der Waals surface area contributed by atoms with Gasteiger partial charge in [-0.2, -0.15) is 5.10 Å². The molecule has 1 aromatic heterocycles. The highest BCUT2D eigenvalue weighted by Gasteiger charge is 2.22. The molecule has 0 amide bonds. The lowest BCUT2D eigenvalue weighted by atomic mass is 10.1. The van der Waals surface area contributed by atoms with E-state index < -0.39 is 0 Å². The molecule has 16 heavy (non-hydrogen) atoms. The van der Waals surface area contributed by atoms with Crippen LogP contribution in [0.4, 0.5) is 11.4 Å². The summed E-state index contributed by atoms with van der Waals surface area (Å²) in [6.07, 6.45) is 5.88. The summed E-state index contributed by atoms with van der Waals surface area (Å²) in [6, 6.07) is 6.55. The first kappa shape index (κ1) is 9.27. The maximum atomic E-state index is 5.78. The second kappa shape index (κ2) is 3.56. The number of anilines is 2. The average molecular weight is 214 g/mol. The van der Waals surface area contributed by atoms with Crippen LogP contribution in [-0.4, -0.2) is 10.2 Å². The lowest BCUT2D eigenvalue weighted by Crippen LogP contribution is -2.06. The summed E-state index contributed by atoms with van der Waals surface area (Å²) >= 11 is 0. The van der Waals surface area contributed by atoms with Crippen molar-refractivity contribution in [2.75, 3.05) is 11.1 Å². The first-order chi connectivity index (χ1) is 7.83. The van der Waals surface area contributed by atoms with Gasteiger partial charge < -0.3 is 11.1 Å². The molecule has 1 aliphatic carbocycles. The lowest BCUT2D eigenvalue weighted by molar-refractivity contribution is 0.762. The molecular weight excluding hydrogens is 200 g/mol. The van der Waals surface area contributed by atoms with Crippen LogP contribution in [0, 0.1) is 0 Å². The first-order valence-corrected chi connectivity index (χ1v) is 5.46. The zero-order valence-corrected chi connectivity index (χ0v) is 8.90. The van der Waals surface area contributed by atoms with Crippen molar-refractivity contribution in [3.63, 3.8) is 0 Å². The maximum Gasteiger partial charge on any atom is 0.0728 e. The molecule has 4 heteroatoms. The Morgan fingerprint density at radius 3 is 3.19 bits per heavy atom. The van der Waals surface area contributed by atoms with Crippen molar-refractivity contribution in [2.24, 2.45) is 0 Å². The molecule has 0 spiro atoms. The SMILES string of the molecule is Nc1ccc2c(c1)CCC2Nc1cn[nH]c1. The van der Waals surface area contributed by atoms with Gasteiger partial charge in [0.1, 0.15) is 0 Å². The van der Waals surface area contributed by atoms with Crippen LogP contribution >= 0.6 is 0 Å². The van der Waals surface area contributed by atoms with E-state index in [1.54, 1.807) is 6.20 Å². The minimum absolute atomic E-state index is 0.383. The molecule has 82 valence electrons. The number of benzene rings is 1. The van der Waals surface area contributed by atoms with Crippen molar-refractivity contribution in [3.8, 4) is 0 Å². The van der Waals surface area contributed by atoms with Gasteiger partial charge in [0.2, 0.25) is 0 Å². The number of nitrogens with two attached hydrogens (primary N) is 1. The molecule has 4 nitrogen and oxygen atoms in total. The molecule has 1 heterocycles. The van der Waals surface area contributed by atoms with Gasteiger partial charge in [-0.15, -0.1) is 0 Å². The van der Waals surface area contributed by atoms with Crippen molar-refractivity contribution >= 4 is 11.4 Å². The molecule has 3 rings (SSSR count). The van der Waals surface area contributed by atoms with E-state index in [9.17, 15) is 0 Å². The number of nitrogen functional groups attached to an aromatic ring is 1. The van der Waals surface area contributed by atoms with Gasteiger partial charge in [0.05, 0.1) is 17.9 Å². The van der Waals surface area contributed by atoms with Crippen LogP contribution in [0.2, 0.25) is 0 Å². The zero-order valence-electron chi connectivity index (χ0n) is 8.90. The number of hydrogen-bond acceptors (Lipinski definition) is 3. The smallest absolute Gasteiger partial charge is 0.0728 e. The fourth-order valence-electron chi connectivity index (χ4n) is 2.32. The lowest BCUT2D eigenvalue weighted by Gasteiger charge is -2.13. The number of rotatable bonds is 2. The number of nitrogens with zero attached hydrogens (tertiary/aromatic N) is 1. The fourth-order valence-corrected chi connectivity index (χ4v) is 2.32. The molecule has 0 saturated carbocycles. The Labute approximate surface area is 93.9 Å². The Morgan fingerprint density at radius 2 is 2.38 bits per heavy atom. The van der Waals surface area contributed by atoms with Crippen LogP contribution in [0.25, 0.3) is 0 Å². The molecular formula is C12H14N4. The number of nitrogens with one attached hydrogen (secondary N) is 2. The Morgan fingerprint density at radius 1 is 1.44 bits per heavy atom. The Kier molecular flexibility index (Phi) is 2.06. The zero-order chi connectivity index (χ0) is 11.0. The second-order valence-electron chi connectivity index (χ2n) is 4.18. The van der Waals surface area contributed by atoms with E-state index >= 15 is 0 Å². The third kappa shape index (κ3) is 1.52. The van der Waals surface area contributed by atoms with E-state index in [0.717, 1.165) is 24.2 Å². The van der Waals surface area contributed by atoms with E-state index in [1.807, 2.05) is 12.3 Å². The minimum atomic E-state index is 0.383. The van der Waals surface area contributed by atoms with E-state index in [2.05, 4.69) is 27.6 Å². The molecule has 0 saturated heterocycles. The number of fused-ring (bicyclic) bond motifs is 1. The van der Waals surface area contributed by atoms with Gasteiger partial charge in [-0.1, -0.05) is 6.07 Å². The first-order valence-electron chi connectivity index (χ1n) is 5.46. The topological polar surface area (TPSA) is 66.7 Å². The van der Waals surface area contributed by atoms with Gasteiger partial charge in [-0.05, 0) is 36.1 Å². The van der Waals surface area contributed by atoms with Gasteiger partial charge in [-0.25, -0.2) is 0 Å². The highest BCUT2D eigenvalue weighted by molar-refractivity contribution is 5.51. The summed E-state index contributed by atoms with van der Waals surface area (Å²) in [6.45, 7) is 0. The van der Waals surface area contributed by atoms with Gasteiger partial charge in [0, 0.05) is 11.9 Å². The number of aryl methyl sites for hydroxylation is 1. The summed E-state index contributed by atoms with van der Waals surface area (Å²) in [7, 11) is 0. The summed E-state index contributed by atoms with van der Waals surface area (Å²) < 4.78 is 0. The van der Waals surface area contributed by atoms with Crippen molar-refractivity contribution < 1.29 is 0 Å². The van der Waals surface area contributed by atoms with Crippen LogP contribution in [-0.2, 0) is 6.42 Å². The molecule has 0 radical (unpaired) electrons. The molecule has 1 atom stereocenters. The second-order valence-corrected chi connectivity index (χ2v) is 4.18. The van der Waals surface area contributed by atoms with Crippen LogP contribution in [0.3, 0.4) is 0 Å². The monoisotopic (exact) mass is 214 g/mol. The molecule has 1 aromatic carbocycles. The highest BCUT2D eigenvalue weighted by Crippen LogP contribution is 2.34. The van der Waals surface area contributed by atoms with E-state index in [-0.39, 0.29) is 0 Å². The van der Waals surface area contributed by atoms with Crippen LogP contribution in [0.1, 0.15) is 23.6 Å². The normalized spacial score (nSPS) is 18.4. The number of aromatic amines is 1. The standard InChI is InChI=1S/C12H14N4/c13-9-2-3-11-8(5-9)1-4-12(11)16-10-6-14-15-7-10/h2-3,5-7,12,16H,1,4,13H2,(H,14,15). The maximum absolute atomic E-state index is 5.78. The van der Waals surface area contributed by atoms with Gasteiger partial charge in [-0.3, -0.25) is 5.10 Å². The van der Waals surface area contributed by atoms with E-state index in [0.29, 0.717) is 6.04 Å². The van der Waals surface area contributed by atoms with Gasteiger partial charge >= 0.3 is 0 Å². The summed E-state index contributed by atoms with van der Waals surface area (Å²) in [5, 5.41) is 10.2. The summed E-state index contributed by atoms with van der Waals surface area (Å²) in [5.74, 6) is 0. The number of aromatic nitrogens is 2. The molecule has 0 bridgehead atoms. The molecule has 0 aliphatic heterocycles. The Hall–Kier alpha value is -1.97. The molecule has 4 N–H and O–H groups in total. The predicted molar refractivity (Wildman–Crippen MR) is 64.1 cm³/mol. The largest absolute Gasteiger partial charge is 0.399 e. The molecule has 1 aliphatic rings. The van der Waals surface area contributed by atoms with Gasteiger partial charge in [0.25, 0.3) is 0 Å². The predicted octanol–water partition coefficient (Wildman–Crippen LogP) is 2.09. The van der Waals surface area contributed by atoms with Crippen molar-refractivity contribution in [3.05, 3.63) is 41.7 Å². The highest BCUT2D eigenvalue weighted by atomic mass is 15.1. The number of hydrogen-bond donors (Lipinski definition) is 3. The Bertz CT molecular complexity index is 490. The number of H-pyrrole nitrogens is 1.